The molecule has 2 rings (SSSR count). The van der Waals surface area contributed by atoms with Crippen LogP contribution in [0.4, 0.5) is 0 Å². The van der Waals surface area contributed by atoms with Crippen LogP contribution in [0.25, 0.3) is 0 Å². The van der Waals surface area contributed by atoms with Gasteiger partial charge in [0.05, 0.1) is 23.3 Å². The van der Waals surface area contributed by atoms with Gasteiger partial charge in [-0.05, 0) is 38.1 Å². The smallest absolute Gasteiger partial charge is 0.213 e. The minimum Gasteiger partial charge on any atom is -0.478 e. The summed E-state index contributed by atoms with van der Waals surface area (Å²) in [5.41, 5.74) is 0. The molecule has 0 spiro atoms. The first-order valence-corrected chi connectivity index (χ1v) is 13.1. The summed E-state index contributed by atoms with van der Waals surface area (Å²) in [5.74, 6) is 3.41. The Morgan fingerprint density at radius 3 is 1.50 bits per heavy atom. The van der Waals surface area contributed by atoms with E-state index in [2.05, 4.69) is 20.6 Å². The summed E-state index contributed by atoms with van der Waals surface area (Å²) in [5, 5.41) is 8.09. The number of hydrogen-bond acceptors (Lipinski definition) is 8. The number of aromatic nitrogens is 2. The lowest BCUT2D eigenvalue weighted by atomic mass is 10.4. The van der Waals surface area contributed by atoms with Crippen LogP contribution in [0, 0.1) is 0 Å². The molecule has 0 aliphatic carbocycles. The molecule has 0 radical (unpaired) electrons. The zero-order chi connectivity index (χ0) is 21.3. The molecular formula is C20H30Cl4N4O2S2. The maximum Gasteiger partial charge on any atom is 0.213 e. The molecule has 2 heterocycles. The van der Waals surface area contributed by atoms with E-state index in [-0.39, 0.29) is 24.8 Å². The van der Waals surface area contributed by atoms with Crippen LogP contribution in [0.5, 0.6) is 11.8 Å². The Labute approximate surface area is 220 Å². The maximum atomic E-state index is 5.79. The first-order chi connectivity index (χ1) is 14.7. The Morgan fingerprint density at radius 1 is 0.688 bits per heavy atom. The molecule has 12 heteroatoms. The highest BCUT2D eigenvalue weighted by atomic mass is 35.5. The molecule has 0 aliphatic heterocycles. The van der Waals surface area contributed by atoms with Crippen LogP contribution in [0.2, 0.25) is 10.0 Å². The Morgan fingerprint density at radius 2 is 1.12 bits per heavy atom. The van der Waals surface area contributed by atoms with Gasteiger partial charge in [-0.15, -0.1) is 24.8 Å². The molecule has 0 amide bonds. The molecule has 0 aromatic carbocycles. The van der Waals surface area contributed by atoms with Crippen molar-refractivity contribution in [2.75, 3.05) is 50.9 Å². The first-order valence-electron chi connectivity index (χ1n) is 9.88. The fourth-order valence-electron chi connectivity index (χ4n) is 2.24. The second kappa shape index (κ2) is 21.2. The highest BCUT2D eigenvalue weighted by molar-refractivity contribution is 8.76. The van der Waals surface area contributed by atoms with Gasteiger partial charge >= 0.3 is 0 Å². The van der Waals surface area contributed by atoms with Crippen LogP contribution in [-0.4, -0.2) is 60.9 Å². The zero-order valence-electron chi connectivity index (χ0n) is 17.6. The number of halogens is 4. The highest BCUT2D eigenvalue weighted by Gasteiger charge is 1.97. The number of ether oxygens (including phenoxy) is 2. The Kier molecular flexibility index (Phi) is 21.0. The molecule has 0 atom stereocenters. The molecule has 32 heavy (non-hydrogen) atoms. The van der Waals surface area contributed by atoms with Crippen LogP contribution >= 0.6 is 69.6 Å². The Hall–Kier alpha value is -0.320. The summed E-state index contributed by atoms with van der Waals surface area (Å²) >= 11 is 11.6. The standard InChI is InChI=1S/C20H28Cl2N4O2S2.2ClH/c21-17-3-5-19(25-15-17)27-11-1-7-23-9-13-29-30-14-10-24-8-2-12-28-20-6-4-18(22)16-26-20;;/h3-6,15-16,23-24H,1-2,7-14H2;2*1H. The SMILES string of the molecule is Cl.Cl.Clc1ccc(OCCCNCCSSCCNCCCOc2ccc(Cl)cn2)nc1. The van der Waals surface area contributed by atoms with Crippen LogP contribution in [0.1, 0.15) is 12.8 Å². The van der Waals surface area contributed by atoms with Crippen molar-refractivity contribution in [1.82, 2.24) is 20.6 Å². The van der Waals surface area contributed by atoms with Crippen molar-refractivity contribution >= 4 is 69.6 Å². The summed E-state index contributed by atoms with van der Waals surface area (Å²) < 4.78 is 11.1. The van der Waals surface area contributed by atoms with Gasteiger partial charge in [0.1, 0.15) is 0 Å². The zero-order valence-corrected chi connectivity index (χ0v) is 22.4. The molecule has 0 aliphatic rings. The molecule has 2 aromatic rings. The molecule has 0 fully saturated rings. The molecule has 0 saturated carbocycles. The van der Waals surface area contributed by atoms with Gasteiger partial charge in [-0.25, -0.2) is 9.97 Å². The molecule has 0 saturated heterocycles. The third-order valence-corrected chi connectivity index (χ3v) is 6.56. The fraction of sp³-hybridized carbons (Fsp3) is 0.500. The molecule has 6 nitrogen and oxygen atoms in total. The van der Waals surface area contributed by atoms with E-state index in [1.807, 2.05) is 21.6 Å². The van der Waals surface area contributed by atoms with Crippen LogP contribution in [0.15, 0.2) is 36.7 Å². The normalized spacial score (nSPS) is 10.2. The van der Waals surface area contributed by atoms with Crippen molar-refractivity contribution in [3.63, 3.8) is 0 Å². The summed E-state index contributed by atoms with van der Waals surface area (Å²) in [4.78, 5) is 8.20. The van der Waals surface area contributed by atoms with Crippen molar-refractivity contribution in [2.24, 2.45) is 0 Å². The van der Waals surface area contributed by atoms with Crippen molar-refractivity contribution < 1.29 is 9.47 Å². The van der Waals surface area contributed by atoms with Gasteiger partial charge in [-0.2, -0.15) is 0 Å². The van der Waals surface area contributed by atoms with Crippen molar-refractivity contribution in [3.8, 4) is 11.8 Å². The minimum absolute atomic E-state index is 0. The molecule has 0 unspecified atom stereocenters. The predicted molar refractivity (Wildman–Crippen MR) is 144 cm³/mol. The van der Waals surface area contributed by atoms with Gasteiger partial charge in [0.2, 0.25) is 11.8 Å². The van der Waals surface area contributed by atoms with E-state index in [0.717, 1.165) is 50.5 Å². The lowest BCUT2D eigenvalue weighted by Gasteiger charge is -2.07. The number of rotatable bonds is 17. The molecular weight excluding hydrogens is 534 g/mol. The summed E-state index contributed by atoms with van der Waals surface area (Å²) in [6, 6.07) is 7.12. The fourth-order valence-corrected chi connectivity index (χ4v) is 4.36. The van der Waals surface area contributed by atoms with Gasteiger partial charge in [-0.3, -0.25) is 0 Å². The third-order valence-electron chi connectivity index (χ3n) is 3.70. The first kappa shape index (κ1) is 31.7. The van der Waals surface area contributed by atoms with E-state index in [1.54, 1.807) is 36.7 Å². The second-order valence-corrected chi connectivity index (χ2v) is 9.75. The molecule has 182 valence electrons. The van der Waals surface area contributed by atoms with E-state index < -0.39 is 0 Å². The quantitative estimate of drug-likeness (QED) is 0.195. The number of hydrogen-bond donors (Lipinski definition) is 2. The molecule has 2 N–H and O–H groups in total. The maximum absolute atomic E-state index is 5.79. The topological polar surface area (TPSA) is 68.3 Å². The number of nitrogens with one attached hydrogen (secondary N) is 2. The monoisotopic (exact) mass is 562 g/mol. The lowest BCUT2D eigenvalue weighted by molar-refractivity contribution is 0.297. The third kappa shape index (κ3) is 16.3. The molecule has 0 bridgehead atoms. The van der Waals surface area contributed by atoms with Crippen LogP contribution in [0.3, 0.4) is 0 Å². The Bertz CT molecular complexity index is 629. The van der Waals surface area contributed by atoms with Crippen molar-refractivity contribution in [2.45, 2.75) is 12.8 Å². The summed E-state index contributed by atoms with van der Waals surface area (Å²) in [6.07, 6.45) is 5.08. The van der Waals surface area contributed by atoms with Crippen molar-refractivity contribution in [1.29, 1.82) is 0 Å². The summed E-state index contributed by atoms with van der Waals surface area (Å²) in [6.45, 7) is 5.18. The Balaban J connectivity index is 0.00000480. The average Bonchev–Trinajstić information content (AvgIpc) is 2.76. The largest absolute Gasteiger partial charge is 0.478 e. The lowest BCUT2D eigenvalue weighted by Crippen LogP contribution is -2.21. The van der Waals surface area contributed by atoms with Crippen molar-refractivity contribution in [3.05, 3.63) is 46.7 Å². The van der Waals surface area contributed by atoms with E-state index in [9.17, 15) is 0 Å². The highest BCUT2D eigenvalue weighted by Crippen LogP contribution is 2.19. The van der Waals surface area contributed by atoms with Gasteiger partial charge < -0.3 is 20.1 Å². The van der Waals surface area contributed by atoms with E-state index in [4.69, 9.17) is 32.7 Å². The number of pyridine rings is 2. The van der Waals surface area contributed by atoms with Gasteiger partial charge in [-0.1, -0.05) is 44.8 Å². The predicted octanol–water partition coefficient (Wildman–Crippen LogP) is 5.43. The van der Waals surface area contributed by atoms with E-state index in [0.29, 0.717) is 35.0 Å². The average molecular weight is 564 g/mol. The van der Waals surface area contributed by atoms with E-state index in [1.165, 1.54) is 0 Å². The molecule has 2 aromatic heterocycles. The van der Waals surface area contributed by atoms with Crippen LogP contribution in [-0.2, 0) is 0 Å². The van der Waals surface area contributed by atoms with Gasteiger partial charge in [0.15, 0.2) is 0 Å². The minimum atomic E-state index is 0. The van der Waals surface area contributed by atoms with E-state index >= 15 is 0 Å². The number of nitrogens with zero attached hydrogens (tertiary/aromatic N) is 2. The van der Waals surface area contributed by atoms with Crippen LogP contribution < -0.4 is 20.1 Å². The van der Waals surface area contributed by atoms with Gasteiger partial charge in [0.25, 0.3) is 0 Å². The van der Waals surface area contributed by atoms with Gasteiger partial charge in [0, 0.05) is 49.1 Å². The summed E-state index contributed by atoms with van der Waals surface area (Å²) in [7, 11) is 3.80. The second-order valence-electron chi connectivity index (χ2n) is 6.18.